The predicted molar refractivity (Wildman–Crippen MR) is 78.4 cm³/mol. The van der Waals surface area contributed by atoms with Crippen LogP contribution in [0.4, 0.5) is 0 Å². The first-order valence-electron chi connectivity index (χ1n) is 6.49. The number of methoxy groups -OCH3 is 1. The number of nitrogens with zero attached hydrogens (tertiary/aromatic N) is 1. The molecular formula is C14H19NO4S. The Morgan fingerprint density at radius 3 is 3.00 bits per heavy atom. The van der Waals surface area contributed by atoms with Gasteiger partial charge in [-0.1, -0.05) is 6.07 Å². The number of carboxylic acid groups (broad SMARTS) is 1. The molecule has 1 aromatic carbocycles. The third-order valence-corrected chi connectivity index (χ3v) is 4.52. The first-order valence-corrected chi connectivity index (χ1v) is 7.65. The molecule has 0 saturated carbocycles. The van der Waals surface area contributed by atoms with Gasteiger partial charge < -0.3 is 14.9 Å². The Bertz CT molecular complexity index is 480. The van der Waals surface area contributed by atoms with Gasteiger partial charge in [0.05, 0.1) is 13.5 Å². The maximum atomic E-state index is 10.9. The van der Waals surface area contributed by atoms with Gasteiger partial charge in [0.25, 0.3) is 0 Å². The van der Waals surface area contributed by atoms with Crippen molar-refractivity contribution in [3.63, 3.8) is 0 Å². The maximum Gasteiger partial charge on any atom is 0.304 e. The van der Waals surface area contributed by atoms with Gasteiger partial charge in [-0.25, -0.2) is 0 Å². The van der Waals surface area contributed by atoms with E-state index in [4.69, 9.17) is 9.84 Å². The summed E-state index contributed by atoms with van der Waals surface area (Å²) in [4.78, 5) is 13.0. The molecule has 20 heavy (non-hydrogen) atoms. The molecule has 0 radical (unpaired) electrons. The van der Waals surface area contributed by atoms with Crippen LogP contribution in [0.1, 0.15) is 12.0 Å². The van der Waals surface area contributed by atoms with Crippen LogP contribution >= 0.6 is 11.8 Å². The average Bonchev–Trinajstić information content (AvgIpc) is 2.42. The Labute approximate surface area is 122 Å². The van der Waals surface area contributed by atoms with Crippen LogP contribution in [0.5, 0.6) is 11.5 Å². The van der Waals surface area contributed by atoms with Gasteiger partial charge in [-0.05, 0) is 6.07 Å². The number of phenolic OH excluding ortho intramolecular Hbond substituents is 1. The Morgan fingerprint density at radius 2 is 2.35 bits per heavy atom. The maximum absolute atomic E-state index is 10.9. The van der Waals surface area contributed by atoms with Gasteiger partial charge in [-0.2, -0.15) is 11.8 Å². The van der Waals surface area contributed by atoms with Crippen molar-refractivity contribution in [1.29, 1.82) is 0 Å². The van der Waals surface area contributed by atoms with Crippen LogP contribution in [0.15, 0.2) is 18.2 Å². The van der Waals surface area contributed by atoms with Crippen molar-refractivity contribution < 1.29 is 19.7 Å². The molecule has 0 bridgehead atoms. The zero-order valence-corrected chi connectivity index (χ0v) is 12.2. The lowest BCUT2D eigenvalue weighted by Gasteiger charge is -2.34. The minimum Gasteiger partial charge on any atom is -0.507 e. The summed E-state index contributed by atoms with van der Waals surface area (Å²) in [7, 11) is 1.55. The van der Waals surface area contributed by atoms with Crippen LogP contribution in [0, 0.1) is 0 Å². The number of ether oxygens (including phenoxy) is 1. The molecule has 1 aliphatic rings. The molecule has 1 aliphatic heterocycles. The fourth-order valence-electron chi connectivity index (χ4n) is 2.31. The number of carboxylic acids is 1. The summed E-state index contributed by atoms with van der Waals surface area (Å²) < 4.78 is 5.06. The Balaban J connectivity index is 2.08. The lowest BCUT2D eigenvalue weighted by molar-refractivity contribution is -0.138. The molecular weight excluding hydrogens is 278 g/mol. The standard InChI is InChI=1S/C14H19NO4S/c1-19-12-3-2-10(13(16)7-12)8-15-4-5-20-9-11(15)6-14(17)18/h2-3,7,11,16H,4-6,8-9H2,1H3,(H,17,18). The molecule has 1 atom stereocenters. The van der Waals surface area contributed by atoms with Crippen molar-refractivity contribution in [3.8, 4) is 11.5 Å². The lowest BCUT2D eigenvalue weighted by atomic mass is 10.1. The lowest BCUT2D eigenvalue weighted by Crippen LogP contribution is -2.42. The van der Waals surface area contributed by atoms with Gasteiger partial charge in [0.2, 0.25) is 0 Å². The number of aliphatic carboxylic acids is 1. The number of rotatable bonds is 5. The Morgan fingerprint density at radius 1 is 1.55 bits per heavy atom. The highest BCUT2D eigenvalue weighted by Gasteiger charge is 2.25. The summed E-state index contributed by atoms with van der Waals surface area (Å²) in [5.74, 6) is 1.84. The van der Waals surface area contributed by atoms with E-state index in [1.54, 1.807) is 31.0 Å². The molecule has 0 spiro atoms. The molecule has 6 heteroatoms. The van der Waals surface area contributed by atoms with Crippen LogP contribution in [0.3, 0.4) is 0 Å². The monoisotopic (exact) mass is 297 g/mol. The minimum absolute atomic E-state index is 0.0211. The molecule has 0 aliphatic carbocycles. The van der Waals surface area contributed by atoms with Crippen LogP contribution in [0.25, 0.3) is 0 Å². The molecule has 1 unspecified atom stereocenters. The van der Waals surface area contributed by atoms with Crippen LogP contribution in [-0.4, -0.2) is 52.3 Å². The number of hydrogen-bond acceptors (Lipinski definition) is 5. The molecule has 2 N–H and O–H groups in total. The van der Waals surface area contributed by atoms with Gasteiger partial charge in [-0.15, -0.1) is 0 Å². The third kappa shape index (κ3) is 3.80. The van der Waals surface area contributed by atoms with Gasteiger partial charge in [0.1, 0.15) is 11.5 Å². The molecule has 110 valence electrons. The molecule has 1 aromatic rings. The van der Waals surface area contributed by atoms with Gasteiger partial charge in [0.15, 0.2) is 0 Å². The van der Waals surface area contributed by atoms with Crippen molar-refractivity contribution in [2.45, 2.75) is 19.0 Å². The number of benzene rings is 1. The van der Waals surface area contributed by atoms with Gasteiger partial charge in [-0.3, -0.25) is 9.69 Å². The number of aromatic hydroxyl groups is 1. The van der Waals surface area contributed by atoms with E-state index >= 15 is 0 Å². The van der Waals surface area contributed by atoms with Crippen LogP contribution in [0.2, 0.25) is 0 Å². The molecule has 5 nitrogen and oxygen atoms in total. The highest BCUT2D eigenvalue weighted by Crippen LogP contribution is 2.27. The summed E-state index contributed by atoms with van der Waals surface area (Å²) >= 11 is 1.78. The highest BCUT2D eigenvalue weighted by molar-refractivity contribution is 7.99. The SMILES string of the molecule is COc1ccc(CN2CCSCC2CC(=O)O)c(O)c1. The van der Waals surface area contributed by atoms with E-state index in [0.29, 0.717) is 12.3 Å². The number of thioether (sulfide) groups is 1. The quantitative estimate of drug-likeness (QED) is 0.863. The third-order valence-electron chi connectivity index (χ3n) is 3.43. The predicted octanol–water partition coefficient (Wildman–Crippen LogP) is 1.79. The van der Waals surface area contributed by atoms with Crippen molar-refractivity contribution in [2.75, 3.05) is 25.2 Å². The van der Waals surface area contributed by atoms with Crippen molar-refractivity contribution >= 4 is 17.7 Å². The second-order valence-corrected chi connectivity index (χ2v) is 5.94. The van der Waals surface area contributed by atoms with Crippen LogP contribution in [-0.2, 0) is 11.3 Å². The molecule has 1 saturated heterocycles. The Hall–Kier alpha value is -1.40. The molecule has 1 heterocycles. The second kappa shape index (κ2) is 6.85. The summed E-state index contributed by atoms with van der Waals surface area (Å²) in [5.41, 5.74) is 0.799. The summed E-state index contributed by atoms with van der Waals surface area (Å²) in [5, 5.41) is 19.0. The summed E-state index contributed by atoms with van der Waals surface area (Å²) in [6.45, 7) is 1.41. The smallest absolute Gasteiger partial charge is 0.304 e. The first kappa shape index (κ1) is 15.0. The highest BCUT2D eigenvalue weighted by atomic mass is 32.2. The van der Waals surface area contributed by atoms with Crippen molar-refractivity contribution in [2.24, 2.45) is 0 Å². The summed E-state index contributed by atoms with van der Waals surface area (Å²) in [6.07, 6.45) is 0.143. The fraction of sp³-hybridized carbons (Fsp3) is 0.500. The van der Waals surface area contributed by atoms with Gasteiger partial charge in [0, 0.05) is 42.3 Å². The largest absolute Gasteiger partial charge is 0.507 e. The minimum atomic E-state index is -0.776. The van der Waals surface area contributed by atoms with E-state index in [-0.39, 0.29) is 18.2 Å². The first-order chi connectivity index (χ1) is 9.60. The van der Waals surface area contributed by atoms with E-state index in [1.165, 1.54) is 0 Å². The van der Waals surface area contributed by atoms with E-state index < -0.39 is 5.97 Å². The second-order valence-electron chi connectivity index (χ2n) is 4.79. The van der Waals surface area contributed by atoms with E-state index in [9.17, 15) is 9.90 Å². The Kier molecular flexibility index (Phi) is 5.14. The fourth-order valence-corrected chi connectivity index (χ4v) is 3.44. The zero-order valence-electron chi connectivity index (χ0n) is 11.4. The van der Waals surface area contributed by atoms with E-state index in [1.807, 2.05) is 6.07 Å². The zero-order chi connectivity index (χ0) is 14.5. The molecule has 0 aromatic heterocycles. The number of carbonyl (C=O) groups is 1. The van der Waals surface area contributed by atoms with E-state index in [2.05, 4.69) is 4.90 Å². The molecule has 2 rings (SSSR count). The van der Waals surface area contributed by atoms with Crippen LogP contribution < -0.4 is 4.74 Å². The topological polar surface area (TPSA) is 70.0 Å². The summed E-state index contributed by atoms with van der Waals surface area (Å²) in [6, 6.07) is 5.24. The molecule has 1 fully saturated rings. The van der Waals surface area contributed by atoms with Gasteiger partial charge >= 0.3 is 5.97 Å². The average molecular weight is 297 g/mol. The normalized spacial score (nSPS) is 19.8. The van der Waals surface area contributed by atoms with Crippen molar-refractivity contribution in [1.82, 2.24) is 4.90 Å². The molecule has 0 amide bonds. The number of phenols is 1. The number of hydrogen-bond donors (Lipinski definition) is 2. The van der Waals surface area contributed by atoms with E-state index in [0.717, 1.165) is 23.6 Å². The van der Waals surface area contributed by atoms with Crippen molar-refractivity contribution in [3.05, 3.63) is 23.8 Å².